The first-order valence-electron chi connectivity index (χ1n) is 12.1. The van der Waals surface area contributed by atoms with E-state index in [1.807, 2.05) is 30.5 Å². The number of furan rings is 1. The van der Waals surface area contributed by atoms with E-state index in [4.69, 9.17) is 21.4 Å². The highest BCUT2D eigenvalue weighted by Crippen LogP contribution is 2.41. The Labute approximate surface area is 206 Å². The second-order valence-electron chi connectivity index (χ2n) is 9.12. The predicted molar refractivity (Wildman–Crippen MR) is 136 cm³/mol. The van der Waals surface area contributed by atoms with Crippen LogP contribution in [0.5, 0.6) is 0 Å². The number of hydrogen-bond donors (Lipinski definition) is 1. The quantitative estimate of drug-likeness (QED) is 0.493. The van der Waals surface area contributed by atoms with Crippen LogP contribution < -0.4 is 5.32 Å². The van der Waals surface area contributed by atoms with Gasteiger partial charge >= 0.3 is 0 Å². The highest BCUT2D eigenvalue weighted by molar-refractivity contribution is 7.80. The van der Waals surface area contributed by atoms with Crippen molar-refractivity contribution in [3.8, 4) is 0 Å². The first kappa shape index (κ1) is 23.1. The molecule has 7 nitrogen and oxygen atoms in total. The van der Waals surface area contributed by atoms with Crippen LogP contribution in [0.3, 0.4) is 0 Å². The lowest BCUT2D eigenvalue weighted by molar-refractivity contribution is 0.0365. The van der Waals surface area contributed by atoms with Gasteiger partial charge in [-0.25, -0.2) is 0 Å². The minimum Gasteiger partial charge on any atom is -0.467 e. The van der Waals surface area contributed by atoms with Crippen molar-refractivity contribution < 1.29 is 9.15 Å². The number of rotatable bonds is 8. The van der Waals surface area contributed by atoms with Gasteiger partial charge in [-0.3, -0.25) is 9.88 Å². The number of nitrogens with one attached hydrogen (secondary N) is 1. The van der Waals surface area contributed by atoms with Gasteiger partial charge in [0.05, 0.1) is 43.8 Å². The number of nitrogens with zero attached hydrogens (tertiary/aromatic N) is 4. The zero-order chi connectivity index (χ0) is 23.5. The monoisotopic (exact) mass is 479 g/mol. The number of hydrogen-bond acceptors (Lipinski definition) is 5. The highest BCUT2D eigenvalue weighted by atomic mass is 32.1. The smallest absolute Gasteiger partial charge is 0.170 e. The molecule has 0 bridgehead atoms. The van der Waals surface area contributed by atoms with Crippen LogP contribution in [0.1, 0.15) is 46.9 Å². The van der Waals surface area contributed by atoms with Gasteiger partial charge in [0.15, 0.2) is 5.11 Å². The summed E-state index contributed by atoms with van der Waals surface area (Å²) in [6, 6.07) is 12.5. The maximum absolute atomic E-state index is 5.87. The van der Waals surface area contributed by atoms with E-state index in [-0.39, 0.29) is 12.1 Å². The third kappa shape index (κ3) is 4.76. The van der Waals surface area contributed by atoms with Crippen molar-refractivity contribution in [2.75, 3.05) is 39.4 Å². The zero-order valence-corrected chi connectivity index (χ0v) is 20.8. The fourth-order valence-corrected chi connectivity index (χ4v) is 5.53. The molecule has 8 heteroatoms. The van der Waals surface area contributed by atoms with Crippen molar-refractivity contribution in [1.82, 2.24) is 24.7 Å². The van der Waals surface area contributed by atoms with Crippen molar-refractivity contribution in [2.24, 2.45) is 0 Å². The molecular weight excluding hydrogens is 446 g/mol. The Morgan fingerprint density at radius 2 is 1.97 bits per heavy atom. The topological polar surface area (TPSA) is 58.7 Å². The molecule has 0 amide bonds. The van der Waals surface area contributed by atoms with E-state index in [1.165, 1.54) is 17.0 Å². The van der Waals surface area contributed by atoms with Crippen molar-refractivity contribution in [3.63, 3.8) is 0 Å². The zero-order valence-electron chi connectivity index (χ0n) is 19.9. The van der Waals surface area contributed by atoms with E-state index in [1.54, 1.807) is 6.26 Å². The Morgan fingerprint density at radius 1 is 1.12 bits per heavy atom. The molecular formula is C26H33N5O2S. The molecule has 2 atom stereocenters. The summed E-state index contributed by atoms with van der Waals surface area (Å²) in [5.74, 6) is 0.956. The molecule has 5 rings (SSSR count). The van der Waals surface area contributed by atoms with E-state index in [9.17, 15) is 0 Å². The second kappa shape index (κ2) is 10.3. The molecule has 5 heterocycles. The van der Waals surface area contributed by atoms with Crippen molar-refractivity contribution in [2.45, 2.75) is 38.9 Å². The summed E-state index contributed by atoms with van der Waals surface area (Å²) < 4.78 is 13.5. The predicted octanol–water partition coefficient (Wildman–Crippen LogP) is 3.84. The lowest BCUT2D eigenvalue weighted by atomic mass is 9.96. The lowest BCUT2D eigenvalue weighted by Crippen LogP contribution is -2.39. The van der Waals surface area contributed by atoms with Gasteiger partial charge in [0.2, 0.25) is 0 Å². The molecule has 1 N–H and O–H groups in total. The van der Waals surface area contributed by atoms with Gasteiger partial charge in [0.1, 0.15) is 5.76 Å². The Morgan fingerprint density at radius 3 is 2.71 bits per heavy atom. The number of ether oxygens (including phenoxy) is 1. The van der Waals surface area contributed by atoms with Crippen LogP contribution in [0.2, 0.25) is 0 Å². The van der Waals surface area contributed by atoms with Crippen LogP contribution in [-0.4, -0.2) is 63.9 Å². The molecule has 0 spiro atoms. The van der Waals surface area contributed by atoms with Gasteiger partial charge in [-0.15, -0.1) is 0 Å². The first-order valence-corrected chi connectivity index (χ1v) is 12.5. The SMILES string of the molecule is Cc1cc([C@H]2[C@@H](c3ccccn3)NC(=S)N2CCCN2CCOCC2)c(C)n1Cc1ccco1. The van der Waals surface area contributed by atoms with Crippen LogP contribution in [0.4, 0.5) is 0 Å². The molecule has 0 radical (unpaired) electrons. The first-order chi connectivity index (χ1) is 16.6. The number of morpholine rings is 1. The van der Waals surface area contributed by atoms with Crippen LogP contribution in [0.25, 0.3) is 0 Å². The standard InChI is InChI=1S/C26H33N5O2S/c1-19-17-22(20(2)31(19)18-21-7-5-14-33-21)25-24(23-8-3-4-9-27-23)28-26(34)30(25)11-6-10-29-12-15-32-16-13-29/h3-5,7-9,14,17,24-25H,6,10-13,15-16,18H2,1-2H3,(H,28,34)/t24-,25+/m1/s1. The van der Waals surface area contributed by atoms with Gasteiger partial charge in [-0.05, 0) is 68.4 Å². The third-order valence-electron chi connectivity index (χ3n) is 7.00. The maximum atomic E-state index is 5.87. The van der Waals surface area contributed by atoms with Crippen molar-refractivity contribution in [3.05, 3.63) is 77.3 Å². The van der Waals surface area contributed by atoms with E-state index in [2.05, 4.69) is 50.6 Å². The van der Waals surface area contributed by atoms with Gasteiger partial charge in [-0.1, -0.05) is 6.07 Å². The molecule has 2 aliphatic heterocycles. The van der Waals surface area contributed by atoms with Gasteiger partial charge in [-0.2, -0.15) is 0 Å². The van der Waals surface area contributed by atoms with Gasteiger partial charge in [0, 0.05) is 43.8 Å². The molecule has 0 saturated carbocycles. The number of aromatic nitrogens is 2. The Kier molecular flexibility index (Phi) is 6.99. The highest BCUT2D eigenvalue weighted by Gasteiger charge is 2.41. The molecule has 2 fully saturated rings. The fraction of sp³-hybridized carbons (Fsp3) is 0.462. The summed E-state index contributed by atoms with van der Waals surface area (Å²) in [7, 11) is 0. The number of thiocarbonyl (C=S) groups is 1. The summed E-state index contributed by atoms with van der Waals surface area (Å²) >= 11 is 5.87. The Bertz CT molecular complexity index is 1090. The number of aryl methyl sites for hydroxylation is 1. The van der Waals surface area contributed by atoms with Crippen molar-refractivity contribution >= 4 is 17.3 Å². The molecule has 2 saturated heterocycles. The summed E-state index contributed by atoms with van der Waals surface area (Å²) in [6.45, 7) is 10.7. The van der Waals surface area contributed by atoms with E-state index in [0.29, 0.717) is 0 Å². The Hall–Kier alpha value is -2.68. The number of pyridine rings is 1. The minimum atomic E-state index is 0.00893. The van der Waals surface area contributed by atoms with Crippen LogP contribution >= 0.6 is 12.2 Å². The largest absolute Gasteiger partial charge is 0.467 e. The van der Waals surface area contributed by atoms with E-state index in [0.717, 1.165) is 68.9 Å². The van der Waals surface area contributed by atoms with Crippen LogP contribution in [0.15, 0.2) is 53.3 Å². The molecule has 3 aromatic heterocycles. The maximum Gasteiger partial charge on any atom is 0.170 e. The van der Waals surface area contributed by atoms with Crippen LogP contribution in [0, 0.1) is 13.8 Å². The molecule has 2 aliphatic rings. The average molecular weight is 480 g/mol. The summed E-state index contributed by atoms with van der Waals surface area (Å²) in [6.07, 6.45) is 4.65. The Balaban J connectivity index is 1.42. The van der Waals surface area contributed by atoms with E-state index < -0.39 is 0 Å². The molecule has 0 aromatic carbocycles. The second-order valence-corrected chi connectivity index (χ2v) is 9.51. The fourth-order valence-electron chi connectivity index (χ4n) is 5.20. The third-order valence-corrected chi connectivity index (χ3v) is 7.35. The molecule has 180 valence electrons. The summed E-state index contributed by atoms with van der Waals surface area (Å²) in [4.78, 5) is 9.54. The van der Waals surface area contributed by atoms with Gasteiger partial charge < -0.3 is 23.9 Å². The molecule has 0 aliphatic carbocycles. The van der Waals surface area contributed by atoms with Crippen molar-refractivity contribution in [1.29, 1.82) is 0 Å². The van der Waals surface area contributed by atoms with Gasteiger partial charge in [0.25, 0.3) is 0 Å². The summed E-state index contributed by atoms with van der Waals surface area (Å²) in [5, 5.41) is 4.40. The normalized spacial score (nSPS) is 21.2. The molecule has 34 heavy (non-hydrogen) atoms. The molecule has 3 aromatic rings. The minimum absolute atomic E-state index is 0.00893. The van der Waals surface area contributed by atoms with E-state index >= 15 is 0 Å². The summed E-state index contributed by atoms with van der Waals surface area (Å²) in [5.41, 5.74) is 4.76. The molecule has 0 unspecified atom stereocenters. The lowest BCUT2D eigenvalue weighted by Gasteiger charge is -2.30. The van der Waals surface area contributed by atoms with Crippen LogP contribution in [-0.2, 0) is 11.3 Å². The average Bonchev–Trinajstić information content (AvgIpc) is 3.56.